The van der Waals surface area contributed by atoms with Crippen LogP contribution in [0.15, 0.2) is 24.3 Å². The van der Waals surface area contributed by atoms with E-state index in [9.17, 15) is 4.79 Å². The van der Waals surface area contributed by atoms with Gasteiger partial charge in [-0.05, 0) is 18.6 Å². The van der Waals surface area contributed by atoms with Crippen molar-refractivity contribution >= 4 is 29.9 Å². The Kier molecular flexibility index (Phi) is 6.68. The normalized spacial score (nSPS) is 12.5. The maximum absolute atomic E-state index is 11.4. The Hall–Kier alpha value is -0.770. The summed E-state index contributed by atoms with van der Waals surface area (Å²) >= 11 is 6.15. The molecule has 1 aromatic rings. The van der Waals surface area contributed by atoms with Gasteiger partial charge in [-0.15, -0.1) is 12.4 Å². The average Bonchev–Trinajstić information content (AvgIpc) is 2.26. The number of halogens is 2. The molecule has 102 valence electrons. The molecule has 0 fully saturated rings. The number of nitrogens with two attached hydrogens (primary N) is 1. The third kappa shape index (κ3) is 4.48. The molecule has 18 heavy (non-hydrogen) atoms. The van der Waals surface area contributed by atoms with Gasteiger partial charge in [0.05, 0.1) is 6.04 Å². The lowest BCUT2D eigenvalue weighted by Crippen LogP contribution is -2.43. The van der Waals surface area contributed by atoms with Crippen LogP contribution in [-0.2, 0) is 10.2 Å². The van der Waals surface area contributed by atoms with Crippen LogP contribution in [0, 0.1) is 0 Å². The molecule has 0 heterocycles. The second kappa shape index (κ2) is 6.98. The zero-order chi connectivity index (χ0) is 13.1. The topological polar surface area (TPSA) is 55.1 Å². The molecule has 1 rings (SSSR count). The number of nitrogens with one attached hydrogen (secondary N) is 1. The van der Waals surface area contributed by atoms with E-state index in [4.69, 9.17) is 17.3 Å². The number of hydrogen-bond acceptors (Lipinski definition) is 2. The first kappa shape index (κ1) is 17.2. The smallest absolute Gasteiger partial charge is 0.236 e. The summed E-state index contributed by atoms with van der Waals surface area (Å²) in [7, 11) is 0. The Labute approximate surface area is 119 Å². The van der Waals surface area contributed by atoms with Crippen LogP contribution in [-0.4, -0.2) is 18.5 Å². The summed E-state index contributed by atoms with van der Waals surface area (Å²) in [6.07, 6.45) is 0. The van der Waals surface area contributed by atoms with Gasteiger partial charge in [0.25, 0.3) is 0 Å². The minimum absolute atomic E-state index is 0. The molecule has 0 aromatic heterocycles. The summed E-state index contributed by atoms with van der Waals surface area (Å²) in [5.74, 6) is -0.148. The molecule has 0 aliphatic heterocycles. The number of carbonyl (C=O) groups is 1. The fraction of sp³-hybridized carbons (Fsp3) is 0.462. The monoisotopic (exact) mass is 290 g/mol. The van der Waals surface area contributed by atoms with Gasteiger partial charge in [0.1, 0.15) is 0 Å². The minimum Gasteiger partial charge on any atom is -0.354 e. The quantitative estimate of drug-likeness (QED) is 0.895. The third-order valence-electron chi connectivity index (χ3n) is 2.72. The van der Waals surface area contributed by atoms with Crippen LogP contribution in [0.25, 0.3) is 0 Å². The third-order valence-corrected chi connectivity index (χ3v) is 3.05. The fourth-order valence-electron chi connectivity index (χ4n) is 1.57. The van der Waals surface area contributed by atoms with Gasteiger partial charge in [0.15, 0.2) is 0 Å². The largest absolute Gasteiger partial charge is 0.354 e. The number of benzene rings is 1. The molecule has 0 saturated heterocycles. The molecule has 0 unspecified atom stereocenters. The Morgan fingerprint density at radius 3 is 2.50 bits per heavy atom. The average molecular weight is 291 g/mol. The van der Waals surface area contributed by atoms with Crippen LogP contribution < -0.4 is 11.1 Å². The molecule has 1 amide bonds. The van der Waals surface area contributed by atoms with Gasteiger partial charge in [-0.25, -0.2) is 0 Å². The molecule has 1 aromatic carbocycles. The highest BCUT2D eigenvalue weighted by molar-refractivity contribution is 6.31. The number of carbonyl (C=O) groups excluding carboxylic acids is 1. The zero-order valence-electron chi connectivity index (χ0n) is 10.9. The van der Waals surface area contributed by atoms with Crippen molar-refractivity contribution in [1.29, 1.82) is 0 Å². The van der Waals surface area contributed by atoms with Gasteiger partial charge in [-0.3, -0.25) is 4.79 Å². The summed E-state index contributed by atoms with van der Waals surface area (Å²) in [4.78, 5) is 11.4. The van der Waals surface area contributed by atoms with Crippen LogP contribution in [0.5, 0.6) is 0 Å². The first-order valence-electron chi connectivity index (χ1n) is 5.63. The fourth-order valence-corrected chi connectivity index (χ4v) is 1.97. The summed E-state index contributed by atoms with van der Waals surface area (Å²) in [6.45, 7) is 6.25. The van der Waals surface area contributed by atoms with Crippen molar-refractivity contribution in [2.45, 2.75) is 32.2 Å². The maximum atomic E-state index is 11.4. The summed E-state index contributed by atoms with van der Waals surface area (Å²) in [6, 6.07) is 7.17. The zero-order valence-corrected chi connectivity index (χ0v) is 12.4. The second-order valence-corrected chi connectivity index (χ2v) is 5.28. The van der Waals surface area contributed by atoms with Gasteiger partial charge >= 0.3 is 0 Å². The van der Waals surface area contributed by atoms with Gasteiger partial charge in [-0.2, -0.15) is 0 Å². The predicted octanol–water partition coefficient (Wildman–Crippen LogP) is 2.50. The molecule has 0 radical (unpaired) electrons. The van der Waals surface area contributed by atoms with Crippen LogP contribution >= 0.6 is 24.0 Å². The highest BCUT2D eigenvalue weighted by atomic mass is 35.5. The molecule has 0 saturated carbocycles. The Morgan fingerprint density at radius 1 is 1.44 bits per heavy atom. The van der Waals surface area contributed by atoms with Gasteiger partial charge < -0.3 is 11.1 Å². The predicted molar refractivity (Wildman–Crippen MR) is 78.4 cm³/mol. The SMILES string of the molecule is C[C@@H](N)C(=O)NCC(C)(C)c1ccccc1Cl.Cl. The first-order chi connectivity index (χ1) is 7.84. The molecule has 0 aliphatic carbocycles. The van der Waals surface area contributed by atoms with Crippen molar-refractivity contribution < 1.29 is 4.79 Å². The molecule has 0 spiro atoms. The van der Waals surface area contributed by atoms with Crippen molar-refractivity contribution in [1.82, 2.24) is 5.32 Å². The van der Waals surface area contributed by atoms with Crippen LogP contribution in [0.3, 0.4) is 0 Å². The van der Waals surface area contributed by atoms with E-state index in [2.05, 4.69) is 5.32 Å². The lowest BCUT2D eigenvalue weighted by molar-refractivity contribution is -0.122. The number of hydrogen-bond donors (Lipinski definition) is 2. The number of rotatable bonds is 4. The first-order valence-corrected chi connectivity index (χ1v) is 6.00. The lowest BCUT2D eigenvalue weighted by atomic mass is 9.84. The highest BCUT2D eigenvalue weighted by Gasteiger charge is 2.24. The molecule has 0 bridgehead atoms. The van der Waals surface area contributed by atoms with E-state index >= 15 is 0 Å². The van der Waals surface area contributed by atoms with Gasteiger partial charge in [0, 0.05) is 17.0 Å². The Bertz CT molecular complexity index is 406. The summed E-state index contributed by atoms with van der Waals surface area (Å²) < 4.78 is 0. The van der Waals surface area contributed by atoms with Crippen molar-refractivity contribution in [3.05, 3.63) is 34.9 Å². The van der Waals surface area contributed by atoms with E-state index < -0.39 is 6.04 Å². The minimum atomic E-state index is -0.489. The molecule has 3 nitrogen and oxygen atoms in total. The Balaban J connectivity index is 0.00000289. The molecular weight excluding hydrogens is 271 g/mol. The summed E-state index contributed by atoms with van der Waals surface area (Å²) in [5, 5.41) is 3.54. The van der Waals surface area contributed by atoms with E-state index in [1.54, 1.807) is 6.92 Å². The van der Waals surface area contributed by atoms with Crippen molar-refractivity contribution in [3.63, 3.8) is 0 Å². The molecular formula is C13H20Cl2N2O. The second-order valence-electron chi connectivity index (χ2n) is 4.87. The van der Waals surface area contributed by atoms with E-state index in [1.807, 2.05) is 38.1 Å². The molecule has 1 atom stereocenters. The maximum Gasteiger partial charge on any atom is 0.236 e. The van der Waals surface area contributed by atoms with E-state index in [0.717, 1.165) is 5.56 Å². The van der Waals surface area contributed by atoms with E-state index in [1.165, 1.54) is 0 Å². The van der Waals surface area contributed by atoms with Gasteiger partial charge in [0.2, 0.25) is 5.91 Å². The highest BCUT2D eigenvalue weighted by Crippen LogP contribution is 2.28. The van der Waals surface area contributed by atoms with Crippen LogP contribution in [0.2, 0.25) is 5.02 Å². The lowest BCUT2D eigenvalue weighted by Gasteiger charge is -2.27. The molecule has 5 heteroatoms. The standard InChI is InChI=1S/C13H19ClN2O.ClH/c1-9(15)12(17)16-8-13(2,3)10-6-4-5-7-11(10)14;/h4-7,9H,8,15H2,1-3H3,(H,16,17);1H/t9-;/m1./s1. The summed E-state index contributed by atoms with van der Waals surface area (Å²) in [5.41, 5.74) is 6.30. The number of amides is 1. The van der Waals surface area contributed by atoms with Crippen molar-refractivity contribution in [2.75, 3.05) is 6.54 Å². The van der Waals surface area contributed by atoms with Crippen LogP contribution in [0.1, 0.15) is 26.3 Å². The van der Waals surface area contributed by atoms with E-state index in [-0.39, 0.29) is 23.7 Å². The molecule has 3 N–H and O–H groups in total. The Morgan fingerprint density at radius 2 is 2.00 bits per heavy atom. The molecule has 0 aliphatic rings. The van der Waals surface area contributed by atoms with E-state index in [0.29, 0.717) is 11.6 Å². The van der Waals surface area contributed by atoms with Crippen molar-refractivity contribution in [3.8, 4) is 0 Å². The van der Waals surface area contributed by atoms with Crippen molar-refractivity contribution in [2.24, 2.45) is 5.73 Å². The van der Waals surface area contributed by atoms with Crippen LogP contribution in [0.4, 0.5) is 0 Å². The van der Waals surface area contributed by atoms with Gasteiger partial charge in [-0.1, -0.05) is 43.6 Å².